The first-order chi connectivity index (χ1) is 27.7. The summed E-state index contributed by atoms with van der Waals surface area (Å²) >= 11 is 5.36. The Kier molecular flexibility index (Phi) is 110. The molecule has 10 nitrogen and oxygen atoms in total. The van der Waals surface area contributed by atoms with E-state index in [2.05, 4.69) is 70.7 Å². The van der Waals surface area contributed by atoms with E-state index in [9.17, 15) is 10.4 Å². The Bertz CT molecular complexity index is 1650. The summed E-state index contributed by atoms with van der Waals surface area (Å²) in [4.78, 5) is 8.23. The number of hydrogen-bond donors (Lipinski definition) is 4. The molecule has 0 fully saturated rings. The Morgan fingerprint density at radius 1 is 0.721 bits per heavy atom. The quantitative estimate of drug-likeness (QED) is 0.0219. The van der Waals surface area contributed by atoms with Crippen LogP contribution in [0.25, 0.3) is 0 Å². The van der Waals surface area contributed by atoms with Crippen molar-refractivity contribution < 1.29 is 188 Å². The molecule has 0 amide bonds. The number of ether oxygens (including phenoxy) is 1. The molecule has 5 rings (SSSR count). The van der Waals surface area contributed by atoms with Gasteiger partial charge >= 0.3 is 0 Å². The molecule has 5 aromatic rings. The normalized spacial score (nSPS) is 8.12. The molecule has 0 bridgehead atoms. The molecule has 2 aromatic carbocycles. The summed E-state index contributed by atoms with van der Waals surface area (Å²) in [6, 6.07) is 30.4. The SMILES string of the molecule is CC.CC.C[C-](C)C.C[C-](C)C.OCCCN=c1ccccn1O.[B].[B].[CH2-]c1ccc(O)cc1.[CH2-]c1ccc(OCCCNc2ccccn2)cc1.[CH3-].[CH3-].[CH3-].[O-][n+]1ccccc1Cl.[Y].[Y].[Y].[Y].[Y]. The van der Waals surface area contributed by atoms with Crippen LogP contribution in [0.3, 0.4) is 0 Å². The summed E-state index contributed by atoms with van der Waals surface area (Å²) < 4.78 is 7.17. The number of pyridine rings is 3. The fourth-order valence-electron chi connectivity index (χ4n) is 3.25. The maximum absolute atomic E-state index is 10.4. The van der Waals surface area contributed by atoms with Crippen LogP contribution >= 0.6 is 11.6 Å². The predicted molar refractivity (Wildman–Crippen MR) is 274 cm³/mol. The molecule has 0 spiro atoms. The van der Waals surface area contributed by atoms with Gasteiger partial charge in [0.2, 0.25) is 0 Å². The summed E-state index contributed by atoms with van der Waals surface area (Å²) in [5, 5.41) is 40.2. The third-order valence-corrected chi connectivity index (χ3v) is 5.90. The predicted octanol–water partition coefficient (Wildman–Crippen LogP) is 11.6. The number of aliphatic hydroxyl groups is 1. The zero-order chi connectivity index (χ0) is 44.6. The molecule has 0 unspecified atom stereocenters. The second-order valence-corrected chi connectivity index (χ2v) is 12.8. The minimum atomic E-state index is 0. The average molecular weight is 1330 g/mol. The third kappa shape index (κ3) is 70.6. The van der Waals surface area contributed by atoms with Crippen molar-refractivity contribution in [3.8, 4) is 11.5 Å². The Hall–Kier alpha value is 0.329. The molecule has 0 aliphatic carbocycles. The maximum Gasteiger partial charge on any atom is 0.286 e. The molecule has 0 atom stereocenters. The maximum atomic E-state index is 10.4. The number of aliphatic hydroxyl groups excluding tert-OH is 1. The van der Waals surface area contributed by atoms with Gasteiger partial charge < -0.3 is 64.8 Å². The number of aromatic nitrogens is 3. The zero-order valence-electron chi connectivity index (χ0n) is 43.6. The van der Waals surface area contributed by atoms with Gasteiger partial charge in [0.15, 0.2) is 11.7 Å². The van der Waals surface area contributed by atoms with Crippen LogP contribution in [0.5, 0.6) is 11.5 Å². The van der Waals surface area contributed by atoms with E-state index in [1.54, 1.807) is 60.8 Å². The van der Waals surface area contributed by atoms with Crippen LogP contribution in [-0.2, 0) is 164 Å². The van der Waals surface area contributed by atoms with Gasteiger partial charge in [0.25, 0.3) is 5.15 Å². The second kappa shape index (κ2) is 73.9. The van der Waals surface area contributed by atoms with Crippen LogP contribution in [0.4, 0.5) is 5.82 Å². The topological polar surface area (TPSA) is 139 Å². The molecule has 0 aliphatic rings. The number of nitrogens with one attached hydrogen (secondary N) is 1. The van der Waals surface area contributed by atoms with Crippen molar-refractivity contribution in [2.75, 3.05) is 31.6 Å². The molecule has 369 valence electrons. The molecule has 11 radical (unpaired) electrons. The summed E-state index contributed by atoms with van der Waals surface area (Å²) in [5.41, 5.74) is 2.42. The Labute approximate surface area is 551 Å². The number of benzene rings is 2. The van der Waals surface area contributed by atoms with E-state index in [0.29, 0.717) is 29.8 Å². The summed E-state index contributed by atoms with van der Waals surface area (Å²) in [5.74, 6) is 4.91. The van der Waals surface area contributed by atoms with Crippen molar-refractivity contribution in [2.45, 2.75) is 82.1 Å². The summed E-state index contributed by atoms with van der Waals surface area (Å²) in [6.45, 7) is 30.2. The summed E-state index contributed by atoms with van der Waals surface area (Å²) in [7, 11) is 0. The van der Waals surface area contributed by atoms with E-state index in [1.165, 1.54) is 30.3 Å². The molecule has 0 saturated carbocycles. The van der Waals surface area contributed by atoms with E-state index in [0.717, 1.165) is 40.4 Å². The van der Waals surface area contributed by atoms with Crippen LogP contribution in [0, 0.1) is 53.2 Å². The van der Waals surface area contributed by atoms with Crippen LogP contribution < -0.4 is 20.3 Å². The van der Waals surface area contributed by atoms with Crippen molar-refractivity contribution in [1.29, 1.82) is 0 Å². The van der Waals surface area contributed by atoms with Crippen molar-refractivity contribution in [2.24, 2.45) is 4.99 Å². The summed E-state index contributed by atoms with van der Waals surface area (Å²) in [6.07, 6.45) is 6.19. The van der Waals surface area contributed by atoms with Gasteiger partial charge in [-0.1, -0.05) is 64.1 Å². The van der Waals surface area contributed by atoms with Crippen LogP contribution in [0.15, 0.2) is 127 Å². The third-order valence-electron chi connectivity index (χ3n) is 5.61. The van der Waals surface area contributed by atoms with Crippen LogP contribution in [0.2, 0.25) is 5.15 Å². The number of halogens is 1. The fraction of sp³-hybridized carbons (Fsp3) is 0.320. The van der Waals surface area contributed by atoms with Gasteiger partial charge in [-0.25, -0.2) is 4.98 Å². The van der Waals surface area contributed by atoms with Crippen molar-refractivity contribution >= 4 is 34.2 Å². The largest absolute Gasteiger partial charge is 0.618 e. The van der Waals surface area contributed by atoms with Gasteiger partial charge in [-0.05, 0) is 54.8 Å². The number of nitrogens with zero attached hydrogens (tertiary/aromatic N) is 4. The number of anilines is 1. The molecule has 68 heavy (non-hydrogen) atoms. The van der Waals surface area contributed by atoms with Gasteiger partial charge in [0.05, 0.1) is 18.1 Å². The smallest absolute Gasteiger partial charge is 0.286 e. The van der Waals surface area contributed by atoms with Crippen molar-refractivity contribution in [3.05, 3.63) is 197 Å². The Morgan fingerprint density at radius 2 is 1.18 bits per heavy atom. The van der Waals surface area contributed by atoms with Gasteiger partial charge in [-0.15, -0.1) is 0 Å². The average Bonchev–Trinajstić information content (AvgIpc) is 3.21. The molecule has 3 heterocycles. The van der Waals surface area contributed by atoms with Crippen molar-refractivity contribution in [1.82, 2.24) is 9.71 Å². The number of phenolic OH excluding ortho intramolecular Hbond substituents is 1. The van der Waals surface area contributed by atoms with Gasteiger partial charge in [0.1, 0.15) is 5.82 Å². The standard InChI is InChI=1S/C15H17N2O.C8H12N2O2.C7H7O.C5H4ClNO.2C4H9.2C2H6.3CH3.2B.5Y/c1-13-6-8-14(9-7-13)18-12-4-11-17-15-5-2-3-10-16-15;11-7-3-5-9-8-4-1-2-6-10(8)12;1-6-2-4-7(8)5-3-6;6-5-3-1-2-4-7(5)8;2*1-4(2)3;2*1-2;;;;;;;;;;/h2-3,5-10H,1,4,11-12H2,(H,16,17);1-2,4,6,11-12H,3,5,7H2;2-5,8H,1H2;1-4H;2*1-3H3;2*1-2H3;3*1H3;;;;;;;/q-1;;-1;;2*-1;;;3*-1;;;;;;;. The Balaban J connectivity index is -0.0000000493. The van der Waals surface area contributed by atoms with Crippen LogP contribution in [0.1, 0.15) is 93.2 Å². The first kappa shape index (κ1) is 101. The van der Waals surface area contributed by atoms with E-state index in [4.69, 9.17) is 26.6 Å². The number of hydrogen-bond acceptors (Lipinski definition) is 8. The van der Waals surface area contributed by atoms with E-state index in [-0.39, 0.29) is 220 Å². The van der Waals surface area contributed by atoms with E-state index >= 15 is 0 Å². The molecule has 4 N–H and O–H groups in total. The first-order valence-corrected chi connectivity index (χ1v) is 19.8. The number of phenols is 1. The van der Waals surface area contributed by atoms with Crippen LogP contribution in [-0.4, -0.2) is 68.3 Å². The molecule has 18 heteroatoms. The minimum absolute atomic E-state index is 0. The van der Waals surface area contributed by atoms with Gasteiger partial charge in [-0.3, -0.25) is 4.99 Å². The molecule has 0 saturated heterocycles. The van der Waals surface area contributed by atoms with E-state index < -0.39 is 0 Å². The number of aromatic hydroxyl groups is 1. The van der Waals surface area contributed by atoms with Gasteiger partial charge in [0, 0.05) is 225 Å². The number of rotatable bonds is 9. The molecule has 0 aliphatic heterocycles. The van der Waals surface area contributed by atoms with Crippen molar-refractivity contribution in [3.63, 3.8) is 0 Å². The van der Waals surface area contributed by atoms with Gasteiger partial charge in [-0.2, -0.15) is 100 Å². The molecular formula is C50H79B2ClN5O5Y5-7. The molecular weight excluding hydrogens is 1250 g/mol. The fourth-order valence-corrected chi connectivity index (χ4v) is 3.38. The Morgan fingerprint density at radius 3 is 1.56 bits per heavy atom. The first-order valence-electron chi connectivity index (χ1n) is 19.4. The zero-order valence-corrected chi connectivity index (χ0v) is 58.5. The monoisotopic (exact) mass is 1330 g/mol. The molecule has 3 aromatic heterocycles. The van der Waals surface area contributed by atoms with E-state index in [1.807, 2.05) is 70.2 Å². The second-order valence-electron chi connectivity index (χ2n) is 12.4. The minimum Gasteiger partial charge on any atom is -0.618 e.